The molecule has 2 aromatic heterocycles. The Bertz CT molecular complexity index is 986. The fraction of sp³-hybridized carbons (Fsp3) is 0.526. The fourth-order valence-corrected chi connectivity index (χ4v) is 3.14. The van der Waals surface area contributed by atoms with Gasteiger partial charge in [0.15, 0.2) is 17.7 Å². The Kier molecular flexibility index (Phi) is 8.01. The minimum absolute atomic E-state index is 0.131. The van der Waals surface area contributed by atoms with E-state index in [-0.39, 0.29) is 42.5 Å². The molecule has 0 aromatic carbocycles. The molecule has 0 N–H and O–H groups in total. The van der Waals surface area contributed by atoms with E-state index < -0.39 is 29.4 Å². The molecule has 0 saturated carbocycles. The van der Waals surface area contributed by atoms with Gasteiger partial charge in [-0.3, -0.25) is 14.3 Å². The Labute approximate surface area is 184 Å². The number of pyridine rings is 1. The summed E-state index contributed by atoms with van der Waals surface area (Å²) in [6.45, 7) is 0.710. The molecule has 1 fully saturated rings. The molecule has 7 nitrogen and oxygen atoms in total. The molecule has 0 spiro atoms. The van der Waals surface area contributed by atoms with Crippen LogP contribution in [0.1, 0.15) is 30.7 Å². The van der Waals surface area contributed by atoms with Crippen LogP contribution >= 0.6 is 11.6 Å². The van der Waals surface area contributed by atoms with Crippen molar-refractivity contribution in [2.75, 3.05) is 19.8 Å². The lowest BCUT2D eigenvalue weighted by Crippen LogP contribution is -2.33. The number of halogens is 6. The van der Waals surface area contributed by atoms with E-state index in [0.29, 0.717) is 17.5 Å². The summed E-state index contributed by atoms with van der Waals surface area (Å²) in [5, 5.41) is 0.131. The van der Waals surface area contributed by atoms with Crippen molar-refractivity contribution in [2.45, 2.75) is 44.4 Å². The normalized spacial score (nSPS) is 17.0. The number of alkyl halides is 4. The van der Waals surface area contributed by atoms with E-state index in [1.807, 2.05) is 0 Å². The van der Waals surface area contributed by atoms with Crippen molar-refractivity contribution in [3.63, 3.8) is 0 Å². The first kappa shape index (κ1) is 24.3. The van der Waals surface area contributed by atoms with Crippen LogP contribution in [0.2, 0.25) is 5.02 Å². The lowest BCUT2D eigenvalue weighted by Gasteiger charge is -2.22. The third-order valence-electron chi connectivity index (χ3n) is 4.56. The first-order valence-corrected chi connectivity index (χ1v) is 9.99. The van der Waals surface area contributed by atoms with Gasteiger partial charge in [0, 0.05) is 6.61 Å². The molecule has 0 bridgehead atoms. The molecular formula is C19H19ClF5N3O4. The number of rotatable bonds is 9. The number of hydrogen-bond donors (Lipinski definition) is 0. The number of ether oxygens (including phenoxy) is 3. The molecule has 1 saturated heterocycles. The van der Waals surface area contributed by atoms with Crippen LogP contribution in [-0.2, 0) is 21.9 Å². The van der Waals surface area contributed by atoms with Crippen LogP contribution in [0.15, 0.2) is 23.4 Å². The highest BCUT2D eigenvalue weighted by atomic mass is 35.5. The standard InChI is InChI=1S/C19H19ClF5N3O4/c20-12-7-11(26-8-13(12)30-5-6-32-14-3-1-2-4-31-14)9-28-10-27-16(15(21)17(28)29)19(24,25)18(22)23/h7-8,10,14,18H,1-6,9H2. The van der Waals surface area contributed by atoms with Crippen LogP contribution in [0, 0.1) is 5.82 Å². The van der Waals surface area contributed by atoms with E-state index in [1.54, 1.807) is 0 Å². The quantitative estimate of drug-likeness (QED) is 0.399. The van der Waals surface area contributed by atoms with Gasteiger partial charge in [-0.2, -0.15) is 13.2 Å². The molecule has 0 aliphatic carbocycles. The maximum Gasteiger partial charge on any atom is 0.352 e. The SMILES string of the molecule is O=c1c(F)c(C(F)(F)C(F)F)ncn1Cc1cc(Cl)c(OCCOC2CCCCO2)cn1. The molecule has 32 heavy (non-hydrogen) atoms. The van der Waals surface area contributed by atoms with Crippen molar-refractivity contribution < 1.29 is 36.2 Å². The lowest BCUT2D eigenvalue weighted by atomic mass is 10.2. The largest absolute Gasteiger partial charge is 0.488 e. The highest BCUT2D eigenvalue weighted by molar-refractivity contribution is 6.32. The van der Waals surface area contributed by atoms with E-state index >= 15 is 0 Å². The Hall–Kier alpha value is -2.31. The van der Waals surface area contributed by atoms with Crippen molar-refractivity contribution >= 4 is 11.6 Å². The molecule has 13 heteroatoms. The number of aromatic nitrogens is 3. The van der Waals surface area contributed by atoms with Gasteiger partial charge in [-0.15, -0.1) is 0 Å². The summed E-state index contributed by atoms with van der Waals surface area (Å²) >= 11 is 6.12. The van der Waals surface area contributed by atoms with Crippen molar-refractivity contribution in [3.8, 4) is 5.75 Å². The summed E-state index contributed by atoms with van der Waals surface area (Å²) in [4.78, 5) is 19.0. The molecule has 2 aromatic rings. The second-order valence-electron chi connectivity index (χ2n) is 6.89. The van der Waals surface area contributed by atoms with Crippen LogP contribution in [0.3, 0.4) is 0 Å². The van der Waals surface area contributed by atoms with Gasteiger partial charge in [-0.1, -0.05) is 11.6 Å². The van der Waals surface area contributed by atoms with Gasteiger partial charge < -0.3 is 14.2 Å². The van der Waals surface area contributed by atoms with E-state index in [2.05, 4.69) is 9.97 Å². The molecule has 1 unspecified atom stereocenters. The van der Waals surface area contributed by atoms with Crippen molar-refractivity contribution in [1.82, 2.24) is 14.5 Å². The van der Waals surface area contributed by atoms with Crippen molar-refractivity contribution in [1.29, 1.82) is 0 Å². The predicted molar refractivity (Wildman–Crippen MR) is 102 cm³/mol. The minimum Gasteiger partial charge on any atom is -0.488 e. The Morgan fingerprint density at radius 1 is 1.28 bits per heavy atom. The predicted octanol–water partition coefficient (Wildman–Crippen LogP) is 3.76. The maximum atomic E-state index is 14.0. The maximum absolute atomic E-state index is 14.0. The minimum atomic E-state index is -4.89. The van der Waals surface area contributed by atoms with Crippen LogP contribution in [0.25, 0.3) is 0 Å². The highest BCUT2D eigenvalue weighted by Crippen LogP contribution is 2.33. The molecule has 1 atom stereocenters. The van der Waals surface area contributed by atoms with Gasteiger partial charge in [0.25, 0.3) is 5.56 Å². The molecular weight excluding hydrogens is 465 g/mol. The topological polar surface area (TPSA) is 75.5 Å². The summed E-state index contributed by atoms with van der Waals surface area (Å²) in [5.74, 6) is -6.73. The molecule has 176 valence electrons. The molecule has 0 amide bonds. The molecule has 1 aliphatic heterocycles. The van der Waals surface area contributed by atoms with Gasteiger partial charge in [-0.05, 0) is 25.3 Å². The summed E-state index contributed by atoms with van der Waals surface area (Å²) in [6.07, 6.45) is 0.182. The van der Waals surface area contributed by atoms with Crippen molar-refractivity contribution in [3.05, 3.63) is 51.2 Å². The van der Waals surface area contributed by atoms with Gasteiger partial charge >= 0.3 is 12.3 Å². The zero-order valence-electron chi connectivity index (χ0n) is 16.6. The van der Waals surface area contributed by atoms with Gasteiger partial charge in [0.05, 0.1) is 36.4 Å². The van der Waals surface area contributed by atoms with Crippen LogP contribution in [0.4, 0.5) is 22.0 Å². The second kappa shape index (κ2) is 10.5. The molecule has 3 rings (SSSR count). The first-order chi connectivity index (χ1) is 15.2. The van der Waals surface area contributed by atoms with E-state index in [4.69, 9.17) is 25.8 Å². The smallest absolute Gasteiger partial charge is 0.352 e. The van der Waals surface area contributed by atoms with Gasteiger partial charge in [0.2, 0.25) is 5.82 Å². The summed E-state index contributed by atoms with van der Waals surface area (Å²) in [5.41, 5.74) is -3.30. The van der Waals surface area contributed by atoms with Gasteiger partial charge in [0.1, 0.15) is 6.61 Å². The fourth-order valence-electron chi connectivity index (χ4n) is 2.91. The summed E-state index contributed by atoms with van der Waals surface area (Å²) in [7, 11) is 0. The Morgan fingerprint density at radius 2 is 2.06 bits per heavy atom. The Balaban J connectivity index is 1.61. The zero-order chi connectivity index (χ0) is 23.3. The number of nitrogens with zero attached hydrogens (tertiary/aromatic N) is 3. The molecule has 1 aliphatic rings. The van der Waals surface area contributed by atoms with E-state index in [1.165, 1.54) is 12.3 Å². The van der Waals surface area contributed by atoms with E-state index in [9.17, 15) is 26.7 Å². The summed E-state index contributed by atoms with van der Waals surface area (Å²) in [6, 6.07) is 1.33. The molecule has 3 heterocycles. The van der Waals surface area contributed by atoms with E-state index in [0.717, 1.165) is 19.3 Å². The van der Waals surface area contributed by atoms with Crippen LogP contribution < -0.4 is 10.3 Å². The first-order valence-electron chi connectivity index (χ1n) is 9.62. The average molecular weight is 484 g/mol. The van der Waals surface area contributed by atoms with Gasteiger partial charge in [-0.25, -0.2) is 13.8 Å². The molecule has 0 radical (unpaired) electrons. The third kappa shape index (κ3) is 5.73. The van der Waals surface area contributed by atoms with Crippen LogP contribution in [0.5, 0.6) is 5.75 Å². The number of hydrogen-bond acceptors (Lipinski definition) is 6. The zero-order valence-corrected chi connectivity index (χ0v) is 17.3. The lowest BCUT2D eigenvalue weighted by molar-refractivity contribution is -0.165. The van der Waals surface area contributed by atoms with Crippen LogP contribution in [-0.4, -0.2) is 47.1 Å². The third-order valence-corrected chi connectivity index (χ3v) is 4.86. The monoisotopic (exact) mass is 483 g/mol. The highest BCUT2D eigenvalue weighted by Gasteiger charge is 2.47. The summed E-state index contributed by atoms with van der Waals surface area (Å²) < 4.78 is 82.6. The van der Waals surface area contributed by atoms with Crippen molar-refractivity contribution in [2.24, 2.45) is 0 Å². The Morgan fingerprint density at radius 3 is 2.72 bits per heavy atom. The second-order valence-corrected chi connectivity index (χ2v) is 7.29. The average Bonchev–Trinajstić information content (AvgIpc) is 2.76.